The first kappa shape index (κ1) is 11.7. The van der Waals surface area contributed by atoms with Crippen molar-refractivity contribution < 1.29 is 22.3 Å². The van der Waals surface area contributed by atoms with Crippen LogP contribution in [0.5, 0.6) is 5.75 Å². The second-order valence-electron chi connectivity index (χ2n) is 3.03. The normalized spacial score (nSPS) is 12.7. The Balaban J connectivity index is 3.36. The van der Waals surface area contributed by atoms with Crippen molar-refractivity contribution in [3.05, 3.63) is 18.2 Å². The van der Waals surface area contributed by atoms with E-state index in [4.69, 9.17) is 10.8 Å². The molecule has 0 unspecified atom stereocenters. The van der Waals surface area contributed by atoms with Gasteiger partial charge in [0.2, 0.25) is 9.84 Å². The summed E-state index contributed by atoms with van der Waals surface area (Å²) >= 11 is 0. The third-order valence-electron chi connectivity index (χ3n) is 1.78. The molecule has 0 aliphatic carbocycles. The topological polar surface area (TPSA) is 80.4 Å². The first-order valence-electron chi connectivity index (χ1n) is 3.87. The number of phenols is 1. The summed E-state index contributed by atoms with van der Waals surface area (Å²) in [7, 11) is -4.76. The van der Waals surface area contributed by atoms with Crippen LogP contribution in [0.2, 0.25) is 0 Å². The largest absolute Gasteiger partial charge is 0.506 e. The second-order valence-corrected chi connectivity index (χ2v) is 5.23. The van der Waals surface area contributed by atoms with Gasteiger partial charge in [-0.25, -0.2) is 8.42 Å². The number of hydrogen-bond donors (Lipinski definition) is 2. The van der Waals surface area contributed by atoms with Crippen LogP contribution in [0.4, 0.5) is 14.5 Å². The highest BCUT2D eigenvalue weighted by Crippen LogP contribution is 2.31. The van der Waals surface area contributed by atoms with Gasteiger partial charge in [-0.3, -0.25) is 0 Å². The zero-order valence-corrected chi connectivity index (χ0v) is 8.55. The van der Waals surface area contributed by atoms with E-state index in [0.717, 1.165) is 12.1 Å². The average Bonchev–Trinajstić information content (AvgIpc) is 2.07. The minimum absolute atomic E-state index is 0.0756. The lowest BCUT2D eigenvalue weighted by molar-refractivity contribution is 0.114. The van der Waals surface area contributed by atoms with E-state index in [1.54, 1.807) is 0 Å². The molecule has 1 aromatic rings. The van der Waals surface area contributed by atoms with Crippen LogP contribution < -0.4 is 5.73 Å². The van der Waals surface area contributed by atoms with Crippen molar-refractivity contribution in [3.63, 3.8) is 0 Å². The molecule has 0 aliphatic rings. The van der Waals surface area contributed by atoms with E-state index in [0.29, 0.717) is 6.07 Å². The Morgan fingerprint density at radius 3 is 2.33 bits per heavy atom. The van der Waals surface area contributed by atoms with Gasteiger partial charge in [0.05, 0.1) is 10.6 Å². The van der Waals surface area contributed by atoms with Gasteiger partial charge in [-0.2, -0.15) is 8.78 Å². The lowest BCUT2D eigenvalue weighted by atomic mass is 10.3. The van der Waals surface area contributed by atoms with Crippen LogP contribution in [0, 0.1) is 0 Å². The molecule has 7 heteroatoms. The zero-order chi connectivity index (χ0) is 11.9. The summed E-state index contributed by atoms with van der Waals surface area (Å²) in [5, 5.41) is 5.20. The van der Waals surface area contributed by atoms with Gasteiger partial charge in [0.15, 0.2) is 0 Å². The van der Waals surface area contributed by atoms with Crippen molar-refractivity contribution in [2.75, 3.05) is 5.73 Å². The van der Waals surface area contributed by atoms with Crippen molar-refractivity contribution in [2.24, 2.45) is 0 Å². The van der Waals surface area contributed by atoms with Crippen molar-refractivity contribution in [1.82, 2.24) is 0 Å². The minimum atomic E-state index is -4.76. The van der Waals surface area contributed by atoms with E-state index < -0.39 is 25.7 Å². The summed E-state index contributed by atoms with van der Waals surface area (Å²) in [6, 6.07) is 2.66. The van der Waals surface area contributed by atoms with Gasteiger partial charge in [0.1, 0.15) is 5.75 Å². The molecular weight excluding hydrogens is 228 g/mol. The fraction of sp³-hybridized carbons (Fsp3) is 0.250. The van der Waals surface area contributed by atoms with Crippen LogP contribution in [0.3, 0.4) is 0 Å². The van der Waals surface area contributed by atoms with Crippen LogP contribution in [-0.2, 0) is 9.84 Å². The maximum absolute atomic E-state index is 12.7. The van der Waals surface area contributed by atoms with Crippen LogP contribution in [0.15, 0.2) is 23.1 Å². The Morgan fingerprint density at radius 1 is 1.40 bits per heavy atom. The van der Waals surface area contributed by atoms with Crippen LogP contribution >= 0.6 is 0 Å². The van der Waals surface area contributed by atoms with E-state index in [1.165, 1.54) is 0 Å². The summed E-state index contributed by atoms with van der Waals surface area (Å²) < 4.78 is 47.9. The summed E-state index contributed by atoms with van der Waals surface area (Å²) in [6.45, 7) is 0.274. The number of sulfone groups is 1. The fourth-order valence-electron chi connectivity index (χ4n) is 0.898. The molecule has 0 radical (unpaired) electrons. The Bertz CT molecular complexity index is 479. The third-order valence-corrected chi connectivity index (χ3v) is 3.60. The van der Waals surface area contributed by atoms with Gasteiger partial charge in [0.25, 0.3) is 0 Å². The SMILES string of the molecule is CC(F)(F)S(=O)(=O)c1ccc(N)c(O)c1. The number of nitrogen functional groups attached to an aromatic ring is 1. The molecule has 0 heterocycles. The Hall–Kier alpha value is -1.37. The third kappa shape index (κ3) is 2.01. The van der Waals surface area contributed by atoms with Gasteiger partial charge in [-0.05, 0) is 12.1 Å². The molecule has 1 aromatic carbocycles. The standard InChI is InChI=1S/C8H9F2NO3S/c1-8(9,10)15(13,14)5-2-3-6(11)7(12)4-5/h2-4,12H,11H2,1H3. The van der Waals surface area contributed by atoms with Gasteiger partial charge in [0, 0.05) is 13.0 Å². The molecule has 4 nitrogen and oxygen atoms in total. The van der Waals surface area contributed by atoms with Crippen LogP contribution in [-0.4, -0.2) is 18.8 Å². The van der Waals surface area contributed by atoms with Crippen molar-refractivity contribution >= 4 is 15.5 Å². The molecule has 0 saturated carbocycles. The van der Waals surface area contributed by atoms with E-state index in [9.17, 15) is 17.2 Å². The number of rotatable bonds is 2. The van der Waals surface area contributed by atoms with Gasteiger partial charge >= 0.3 is 5.25 Å². The molecule has 0 amide bonds. The van der Waals surface area contributed by atoms with Crippen LogP contribution in [0.25, 0.3) is 0 Å². The maximum Gasteiger partial charge on any atom is 0.347 e. The highest BCUT2D eigenvalue weighted by atomic mass is 32.2. The number of aromatic hydroxyl groups is 1. The van der Waals surface area contributed by atoms with Crippen LogP contribution in [0.1, 0.15) is 6.92 Å². The first-order valence-corrected chi connectivity index (χ1v) is 5.35. The Morgan fingerprint density at radius 2 is 1.93 bits per heavy atom. The lowest BCUT2D eigenvalue weighted by Gasteiger charge is -2.12. The summed E-state index contributed by atoms with van der Waals surface area (Å²) in [5.74, 6) is -0.541. The highest BCUT2D eigenvalue weighted by molar-refractivity contribution is 7.92. The predicted octanol–water partition coefficient (Wildman–Crippen LogP) is 1.36. The van der Waals surface area contributed by atoms with E-state index in [-0.39, 0.29) is 12.6 Å². The Kier molecular flexibility index (Phi) is 2.60. The number of anilines is 1. The first-order chi connectivity index (χ1) is 6.66. The molecule has 84 valence electrons. The maximum atomic E-state index is 12.7. The molecule has 15 heavy (non-hydrogen) atoms. The highest BCUT2D eigenvalue weighted by Gasteiger charge is 2.40. The summed E-state index contributed by atoms with van der Waals surface area (Å²) in [4.78, 5) is -0.665. The van der Waals surface area contributed by atoms with Crippen molar-refractivity contribution in [1.29, 1.82) is 0 Å². The molecule has 0 atom stereocenters. The van der Waals surface area contributed by atoms with Gasteiger partial charge in [-0.1, -0.05) is 0 Å². The molecular formula is C8H9F2NO3S. The molecule has 1 rings (SSSR count). The quantitative estimate of drug-likeness (QED) is 0.601. The van der Waals surface area contributed by atoms with E-state index >= 15 is 0 Å². The van der Waals surface area contributed by atoms with Gasteiger partial charge in [-0.15, -0.1) is 0 Å². The predicted molar refractivity (Wildman–Crippen MR) is 50.3 cm³/mol. The summed E-state index contributed by atoms with van der Waals surface area (Å²) in [5.41, 5.74) is 5.13. The minimum Gasteiger partial charge on any atom is -0.506 e. The second kappa shape index (κ2) is 3.34. The Labute approximate surface area is 85.3 Å². The zero-order valence-electron chi connectivity index (χ0n) is 7.74. The van der Waals surface area contributed by atoms with Crippen molar-refractivity contribution in [3.8, 4) is 5.75 Å². The number of phenolic OH excluding ortho intramolecular Hbond substituents is 1. The number of halogens is 2. The fourth-order valence-corrected chi connectivity index (χ4v) is 1.83. The molecule has 0 aliphatic heterocycles. The van der Waals surface area contributed by atoms with Gasteiger partial charge < -0.3 is 10.8 Å². The smallest absolute Gasteiger partial charge is 0.347 e. The molecule has 0 spiro atoms. The lowest BCUT2D eigenvalue weighted by Crippen LogP contribution is -2.24. The monoisotopic (exact) mass is 237 g/mol. The van der Waals surface area contributed by atoms with E-state index in [1.807, 2.05) is 0 Å². The molecule has 0 saturated heterocycles. The molecule has 0 aromatic heterocycles. The van der Waals surface area contributed by atoms with E-state index in [2.05, 4.69) is 0 Å². The molecule has 0 bridgehead atoms. The molecule has 3 N–H and O–H groups in total. The number of nitrogens with two attached hydrogens (primary N) is 1. The molecule has 0 fully saturated rings. The number of hydrogen-bond acceptors (Lipinski definition) is 4. The number of alkyl halides is 2. The van der Waals surface area contributed by atoms with Crippen molar-refractivity contribution in [2.45, 2.75) is 17.1 Å². The summed E-state index contributed by atoms with van der Waals surface area (Å²) in [6.07, 6.45) is 0. The average molecular weight is 237 g/mol. The number of benzene rings is 1.